The summed E-state index contributed by atoms with van der Waals surface area (Å²) in [5.74, 6) is -0.375. The Morgan fingerprint density at radius 1 is 1.05 bits per heavy atom. The first-order valence-electron chi connectivity index (χ1n) is 7.00. The SMILES string of the molecule is CCC(OC(=O)CCC(=O)OCC(C)(C)C)C(C)C. The number of hydrogen-bond donors (Lipinski definition) is 0. The summed E-state index contributed by atoms with van der Waals surface area (Å²) in [6, 6.07) is 0. The fourth-order valence-corrected chi connectivity index (χ4v) is 1.49. The number of carbonyl (C=O) groups excluding carboxylic acids is 2. The van der Waals surface area contributed by atoms with E-state index in [2.05, 4.69) is 0 Å². The van der Waals surface area contributed by atoms with Crippen LogP contribution in [0.1, 0.15) is 60.8 Å². The second-order valence-electron chi connectivity index (χ2n) is 6.40. The molecule has 1 atom stereocenters. The van der Waals surface area contributed by atoms with Crippen LogP contribution in [0.15, 0.2) is 0 Å². The number of esters is 2. The highest BCUT2D eigenvalue weighted by atomic mass is 16.5. The third-order valence-electron chi connectivity index (χ3n) is 2.63. The van der Waals surface area contributed by atoms with Gasteiger partial charge in [0, 0.05) is 0 Å². The average molecular weight is 272 g/mol. The van der Waals surface area contributed by atoms with Gasteiger partial charge in [0.25, 0.3) is 0 Å². The molecule has 112 valence electrons. The monoisotopic (exact) mass is 272 g/mol. The van der Waals surface area contributed by atoms with E-state index in [1.165, 1.54) is 0 Å². The summed E-state index contributed by atoms with van der Waals surface area (Å²) in [4.78, 5) is 23.0. The first kappa shape index (κ1) is 17.9. The van der Waals surface area contributed by atoms with Crippen molar-refractivity contribution in [3.63, 3.8) is 0 Å². The normalized spacial score (nSPS) is 13.2. The Hall–Kier alpha value is -1.06. The van der Waals surface area contributed by atoms with Crippen LogP contribution in [0.3, 0.4) is 0 Å². The molecule has 0 saturated carbocycles. The molecule has 0 N–H and O–H groups in total. The van der Waals surface area contributed by atoms with Crippen molar-refractivity contribution >= 4 is 11.9 Å². The van der Waals surface area contributed by atoms with Crippen LogP contribution < -0.4 is 0 Å². The van der Waals surface area contributed by atoms with Crippen LogP contribution in [0.25, 0.3) is 0 Å². The Labute approximate surface area is 116 Å². The Morgan fingerprint density at radius 2 is 1.58 bits per heavy atom. The lowest BCUT2D eigenvalue weighted by Gasteiger charge is -2.20. The van der Waals surface area contributed by atoms with E-state index in [1.807, 2.05) is 41.5 Å². The standard InChI is InChI=1S/C15H28O4/c1-7-12(11(2)3)19-14(17)9-8-13(16)18-10-15(4,5)6/h11-12H,7-10H2,1-6H3. The van der Waals surface area contributed by atoms with Crippen molar-refractivity contribution in [2.24, 2.45) is 11.3 Å². The van der Waals surface area contributed by atoms with E-state index in [1.54, 1.807) is 0 Å². The molecule has 0 spiro atoms. The van der Waals surface area contributed by atoms with Crippen LogP contribution in [-0.4, -0.2) is 24.6 Å². The lowest BCUT2D eigenvalue weighted by atomic mass is 9.99. The van der Waals surface area contributed by atoms with Gasteiger partial charge in [-0.25, -0.2) is 0 Å². The second kappa shape index (κ2) is 8.18. The molecule has 0 aliphatic heterocycles. The molecule has 0 aromatic rings. The largest absolute Gasteiger partial charge is 0.465 e. The van der Waals surface area contributed by atoms with E-state index in [-0.39, 0.29) is 36.3 Å². The van der Waals surface area contributed by atoms with Crippen molar-refractivity contribution in [2.45, 2.75) is 66.9 Å². The molecule has 0 radical (unpaired) electrons. The molecule has 0 heterocycles. The smallest absolute Gasteiger partial charge is 0.306 e. The Morgan fingerprint density at radius 3 is 2.00 bits per heavy atom. The Balaban J connectivity index is 3.93. The van der Waals surface area contributed by atoms with Gasteiger partial charge in [-0.2, -0.15) is 0 Å². The van der Waals surface area contributed by atoms with Crippen LogP contribution >= 0.6 is 0 Å². The van der Waals surface area contributed by atoms with Gasteiger partial charge in [0.05, 0.1) is 19.4 Å². The molecule has 4 heteroatoms. The minimum absolute atomic E-state index is 0.0544. The molecule has 0 aliphatic carbocycles. The van der Waals surface area contributed by atoms with Gasteiger partial charge in [0.15, 0.2) is 0 Å². The maximum absolute atomic E-state index is 11.6. The molecule has 0 saturated heterocycles. The predicted octanol–water partition coefficient (Wildman–Crippen LogP) is 3.33. The highest BCUT2D eigenvalue weighted by molar-refractivity contribution is 5.77. The number of carbonyl (C=O) groups is 2. The lowest BCUT2D eigenvalue weighted by Crippen LogP contribution is -2.24. The lowest BCUT2D eigenvalue weighted by molar-refractivity contribution is -0.156. The summed E-state index contributed by atoms with van der Waals surface area (Å²) in [5, 5.41) is 0. The summed E-state index contributed by atoms with van der Waals surface area (Å²) in [6.07, 6.45) is 0.895. The molecule has 0 aromatic heterocycles. The van der Waals surface area contributed by atoms with E-state index in [0.717, 1.165) is 6.42 Å². The van der Waals surface area contributed by atoms with Gasteiger partial charge in [-0.3, -0.25) is 9.59 Å². The molecular formula is C15H28O4. The third-order valence-corrected chi connectivity index (χ3v) is 2.63. The summed E-state index contributed by atoms with van der Waals surface area (Å²) in [7, 11) is 0. The fourth-order valence-electron chi connectivity index (χ4n) is 1.49. The number of rotatable bonds is 7. The highest BCUT2D eigenvalue weighted by Crippen LogP contribution is 2.14. The zero-order valence-corrected chi connectivity index (χ0v) is 13.1. The minimum Gasteiger partial charge on any atom is -0.465 e. The van der Waals surface area contributed by atoms with E-state index >= 15 is 0 Å². The van der Waals surface area contributed by atoms with E-state index in [0.29, 0.717) is 12.5 Å². The van der Waals surface area contributed by atoms with Gasteiger partial charge < -0.3 is 9.47 Å². The Bertz CT molecular complexity index is 289. The first-order chi connectivity index (χ1) is 8.65. The van der Waals surface area contributed by atoms with Crippen molar-refractivity contribution in [2.75, 3.05) is 6.61 Å². The average Bonchev–Trinajstić information content (AvgIpc) is 2.29. The summed E-state index contributed by atoms with van der Waals surface area (Å²) in [5.41, 5.74) is -0.0544. The Kier molecular flexibility index (Phi) is 7.72. The van der Waals surface area contributed by atoms with Gasteiger partial charge in [-0.15, -0.1) is 0 Å². The first-order valence-corrected chi connectivity index (χ1v) is 7.00. The van der Waals surface area contributed by atoms with Gasteiger partial charge in [0.2, 0.25) is 0 Å². The zero-order chi connectivity index (χ0) is 15.1. The molecule has 1 unspecified atom stereocenters. The molecule has 19 heavy (non-hydrogen) atoms. The van der Waals surface area contributed by atoms with E-state index < -0.39 is 0 Å². The van der Waals surface area contributed by atoms with Crippen LogP contribution in [0.5, 0.6) is 0 Å². The van der Waals surface area contributed by atoms with Crippen LogP contribution in [0, 0.1) is 11.3 Å². The molecule has 0 amide bonds. The summed E-state index contributed by atoms with van der Waals surface area (Å²) in [6.45, 7) is 12.3. The second-order valence-corrected chi connectivity index (χ2v) is 6.40. The predicted molar refractivity (Wildman–Crippen MR) is 74.7 cm³/mol. The van der Waals surface area contributed by atoms with Gasteiger partial charge in [0.1, 0.15) is 6.10 Å². The van der Waals surface area contributed by atoms with Crippen molar-refractivity contribution < 1.29 is 19.1 Å². The number of hydrogen-bond acceptors (Lipinski definition) is 4. The van der Waals surface area contributed by atoms with Gasteiger partial charge >= 0.3 is 11.9 Å². The summed E-state index contributed by atoms with van der Waals surface area (Å²) >= 11 is 0. The fraction of sp³-hybridized carbons (Fsp3) is 0.867. The number of ether oxygens (including phenoxy) is 2. The maximum atomic E-state index is 11.6. The quantitative estimate of drug-likeness (QED) is 0.667. The van der Waals surface area contributed by atoms with Crippen molar-refractivity contribution in [3.05, 3.63) is 0 Å². The van der Waals surface area contributed by atoms with Crippen molar-refractivity contribution in [3.8, 4) is 0 Å². The molecule has 0 bridgehead atoms. The summed E-state index contributed by atoms with van der Waals surface area (Å²) < 4.78 is 10.4. The maximum Gasteiger partial charge on any atom is 0.306 e. The van der Waals surface area contributed by atoms with E-state index in [4.69, 9.17) is 9.47 Å². The minimum atomic E-state index is -0.343. The van der Waals surface area contributed by atoms with Crippen molar-refractivity contribution in [1.82, 2.24) is 0 Å². The molecule has 0 rings (SSSR count). The third kappa shape index (κ3) is 9.51. The van der Waals surface area contributed by atoms with Gasteiger partial charge in [-0.05, 0) is 17.8 Å². The molecule has 4 nitrogen and oxygen atoms in total. The zero-order valence-electron chi connectivity index (χ0n) is 13.1. The van der Waals surface area contributed by atoms with E-state index in [9.17, 15) is 9.59 Å². The van der Waals surface area contributed by atoms with Crippen LogP contribution in [-0.2, 0) is 19.1 Å². The van der Waals surface area contributed by atoms with Crippen molar-refractivity contribution in [1.29, 1.82) is 0 Å². The van der Waals surface area contributed by atoms with Crippen LogP contribution in [0.4, 0.5) is 0 Å². The molecule has 0 aromatic carbocycles. The molecular weight excluding hydrogens is 244 g/mol. The molecule has 0 fully saturated rings. The van der Waals surface area contributed by atoms with Gasteiger partial charge in [-0.1, -0.05) is 41.5 Å². The topological polar surface area (TPSA) is 52.6 Å². The van der Waals surface area contributed by atoms with Crippen LogP contribution in [0.2, 0.25) is 0 Å². The highest BCUT2D eigenvalue weighted by Gasteiger charge is 2.18. The molecule has 0 aliphatic rings.